The minimum Gasteiger partial charge on any atom is -0.393 e. The Bertz CT molecular complexity index is 2040. The molecule has 11 heterocycles. The average molecular weight is 1330 g/mol. The number of rotatable bonds is 11. The summed E-state index contributed by atoms with van der Waals surface area (Å²) in [6, 6.07) is 5.28. The van der Waals surface area contributed by atoms with Crippen LogP contribution in [0, 0.1) is 23.7 Å². The van der Waals surface area contributed by atoms with Crippen molar-refractivity contribution in [3.63, 3.8) is 0 Å². The molecular formula is C71H134N14O9. The Labute approximate surface area is 568 Å². The number of urea groups is 4. The third-order valence-electron chi connectivity index (χ3n) is 22.2. The van der Waals surface area contributed by atoms with Gasteiger partial charge in [0.25, 0.3) is 0 Å². The lowest BCUT2D eigenvalue weighted by atomic mass is 9.97. The lowest BCUT2D eigenvalue weighted by molar-refractivity contribution is -0.128. The van der Waals surface area contributed by atoms with E-state index in [0.29, 0.717) is 111 Å². The van der Waals surface area contributed by atoms with Crippen molar-refractivity contribution >= 4 is 30.0 Å². The van der Waals surface area contributed by atoms with Gasteiger partial charge < -0.3 is 90.0 Å². The molecule has 11 rings (SSSR count). The molecule has 23 nitrogen and oxygen atoms in total. The van der Waals surface area contributed by atoms with Crippen molar-refractivity contribution in [3.8, 4) is 0 Å². The van der Waals surface area contributed by atoms with Crippen LogP contribution in [0.2, 0.25) is 0 Å². The monoisotopic (exact) mass is 1330 g/mol. The minimum absolute atomic E-state index is 0.0508. The van der Waals surface area contributed by atoms with Gasteiger partial charge in [0, 0.05) is 209 Å². The number of hydrogen-bond donors (Lipinski definition) is 6. The fourth-order valence-corrected chi connectivity index (χ4v) is 15.0. The molecule has 0 aromatic rings. The summed E-state index contributed by atoms with van der Waals surface area (Å²) in [5, 5.41) is 25.4. The van der Waals surface area contributed by atoms with Gasteiger partial charge in [-0.2, -0.15) is 0 Å². The summed E-state index contributed by atoms with van der Waals surface area (Å²) in [6.07, 6.45) is 16.0. The van der Waals surface area contributed by atoms with E-state index in [1.807, 2.05) is 19.6 Å². The zero-order valence-electron chi connectivity index (χ0n) is 60.7. The van der Waals surface area contributed by atoms with Crippen LogP contribution in [-0.4, -0.2) is 303 Å². The zero-order chi connectivity index (χ0) is 67.7. The summed E-state index contributed by atoms with van der Waals surface area (Å²) in [5.41, 5.74) is 0. The van der Waals surface area contributed by atoms with Gasteiger partial charge in [-0.05, 0) is 178 Å². The van der Waals surface area contributed by atoms with E-state index in [1.54, 1.807) is 0 Å². The van der Waals surface area contributed by atoms with Crippen LogP contribution in [0.5, 0.6) is 0 Å². The molecule has 0 saturated carbocycles. The molecule has 542 valence electrons. The van der Waals surface area contributed by atoms with E-state index < -0.39 is 0 Å². The first-order valence-electron chi connectivity index (χ1n) is 37.7. The highest BCUT2D eigenvalue weighted by atomic mass is 16.5. The number of carbonyl (C=O) groups excluding carboxylic acids is 5. The summed E-state index contributed by atoms with van der Waals surface area (Å²) < 4.78 is 16.0. The van der Waals surface area contributed by atoms with Crippen molar-refractivity contribution in [1.82, 2.24) is 70.7 Å². The van der Waals surface area contributed by atoms with Gasteiger partial charge >= 0.3 is 24.1 Å². The van der Waals surface area contributed by atoms with E-state index >= 15 is 0 Å². The number of carbonyl (C=O) groups is 5. The average Bonchev–Trinajstić information content (AvgIpc) is 2.19. The molecule has 0 aliphatic carbocycles. The summed E-state index contributed by atoms with van der Waals surface area (Å²) in [6.45, 7) is 46.5. The highest BCUT2D eigenvalue weighted by Gasteiger charge is 2.40. The molecule has 94 heavy (non-hydrogen) atoms. The van der Waals surface area contributed by atoms with Crippen LogP contribution < -0.4 is 26.6 Å². The molecule has 0 spiro atoms. The maximum absolute atomic E-state index is 12.3. The van der Waals surface area contributed by atoms with Crippen LogP contribution in [0.4, 0.5) is 19.2 Å². The lowest BCUT2D eigenvalue weighted by Gasteiger charge is -2.36. The SMILES string of the molecule is CC(C)N1CCC(NC(=O)C2CCOCC2)CC1.CC(C)N1CCC(NC(=O)N2CC3COCC3C2)CC1.CC(C)N1CCC(NC(=O)N2CCC(O)CC2)CC1.CC(C)N1CCC(NC(=O)N2CCOCC2)CC1.CC1CCN(C(=O)NC2CCN(C(C)C)CC2)CC1. The molecule has 0 aromatic carbocycles. The quantitative estimate of drug-likeness (QED) is 0.126. The number of likely N-dealkylation sites (tertiary alicyclic amines) is 8. The Hall–Kier alpha value is -3.81. The van der Waals surface area contributed by atoms with Crippen LogP contribution in [-0.2, 0) is 19.0 Å². The van der Waals surface area contributed by atoms with E-state index in [-0.39, 0.29) is 42.1 Å². The Morgan fingerprint density at radius 2 is 0.606 bits per heavy atom. The fourth-order valence-electron chi connectivity index (χ4n) is 15.0. The molecule has 6 N–H and O–H groups in total. The largest absolute Gasteiger partial charge is 0.393 e. The van der Waals surface area contributed by atoms with Crippen LogP contribution >= 0.6 is 0 Å². The first kappa shape index (κ1) is 77.5. The maximum Gasteiger partial charge on any atom is 0.317 e. The van der Waals surface area contributed by atoms with E-state index in [9.17, 15) is 29.1 Å². The van der Waals surface area contributed by atoms with Gasteiger partial charge in [0.1, 0.15) is 0 Å². The number of amides is 9. The van der Waals surface area contributed by atoms with Crippen molar-refractivity contribution in [2.24, 2.45) is 23.7 Å². The Morgan fingerprint density at radius 1 is 0.330 bits per heavy atom. The predicted octanol–water partition coefficient (Wildman–Crippen LogP) is 6.78. The highest BCUT2D eigenvalue weighted by molar-refractivity contribution is 5.79. The number of piperidine rings is 7. The summed E-state index contributed by atoms with van der Waals surface area (Å²) in [4.78, 5) is 80.8. The summed E-state index contributed by atoms with van der Waals surface area (Å²) in [7, 11) is 0. The fraction of sp³-hybridized carbons (Fsp3) is 0.930. The van der Waals surface area contributed by atoms with Gasteiger partial charge in [-0.3, -0.25) is 4.79 Å². The number of ether oxygens (including phenoxy) is 3. The Balaban J connectivity index is 0.000000166. The van der Waals surface area contributed by atoms with Gasteiger partial charge in [-0.1, -0.05) is 6.92 Å². The third-order valence-corrected chi connectivity index (χ3v) is 22.2. The van der Waals surface area contributed by atoms with Crippen molar-refractivity contribution < 1.29 is 43.3 Å². The van der Waals surface area contributed by atoms with Gasteiger partial charge in [0.05, 0.1) is 32.5 Å². The van der Waals surface area contributed by atoms with Crippen molar-refractivity contribution in [1.29, 1.82) is 0 Å². The normalized spacial score (nSPS) is 25.6. The van der Waals surface area contributed by atoms with E-state index in [1.165, 1.54) is 0 Å². The zero-order valence-corrected chi connectivity index (χ0v) is 60.7. The Kier molecular flexibility index (Phi) is 33.2. The first-order chi connectivity index (χ1) is 45.1. The number of aliphatic hydroxyl groups is 1. The molecule has 0 aromatic heterocycles. The third kappa shape index (κ3) is 26.1. The molecule has 2 unspecified atom stereocenters. The topological polar surface area (TPSA) is 223 Å². The first-order valence-corrected chi connectivity index (χ1v) is 37.7. The molecule has 9 amide bonds. The van der Waals surface area contributed by atoms with Crippen molar-refractivity contribution in [3.05, 3.63) is 0 Å². The minimum atomic E-state index is -0.224. The highest BCUT2D eigenvalue weighted by Crippen LogP contribution is 2.30. The standard InChI is InChI=1S/C15H27N3O2.C15H29N3O.C14H27N3O2.C14H26N2O2.C13H25N3O2/c1-11(2)17-5-3-14(4-6-17)16-15(19)18-7-12-9-20-10-13(12)8-18;1-12(2)17-10-6-14(7-11-17)16-15(19)18-8-4-13(3)5-9-18;1-11(2)16-7-3-12(4-8-16)15-14(19)17-9-5-13(18)6-10-17;1-11(2)16-7-3-13(4-8-16)15-14(17)12-5-9-18-10-6-12;1-11(2)15-5-3-12(4-6-15)14-13(17)16-7-9-18-10-8-16/h11-14H,3-10H2,1-2H3,(H,16,19);12-14H,4-11H2,1-3H3,(H,16,19);11-13,18H,3-10H2,1-2H3,(H,15,19);11-13H,3-10H2,1-2H3,(H,15,17);11-12H,3-10H2,1-2H3,(H,14,17). The van der Waals surface area contributed by atoms with Crippen molar-refractivity contribution in [2.75, 3.05) is 157 Å². The molecule has 0 radical (unpaired) electrons. The number of fused-ring (bicyclic) bond motifs is 1. The number of hydrogen-bond acceptors (Lipinski definition) is 14. The van der Waals surface area contributed by atoms with Crippen LogP contribution in [0.3, 0.4) is 0 Å². The second kappa shape index (κ2) is 40.3. The van der Waals surface area contributed by atoms with E-state index in [0.717, 1.165) is 227 Å². The lowest BCUT2D eigenvalue weighted by Crippen LogP contribution is -2.52. The van der Waals surface area contributed by atoms with Gasteiger partial charge in [-0.25, -0.2) is 19.2 Å². The van der Waals surface area contributed by atoms with E-state index in [2.05, 4.69) is 127 Å². The Morgan fingerprint density at radius 3 is 0.926 bits per heavy atom. The molecule has 11 aliphatic heterocycles. The van der Waals surface area contributed by atoms with Crippen LogP contribution in [0.25, 0.3) is 0 Å². The number of nitrogens with one attached hydrogen (secondary N) is 5. The van der Waals surface area contributed by atoms with Gasteiger partial charge in [0.2, 0.25) is 5.91 Å². The van der Waals surface area contributed by atoms with Crippen LogP contribution in [0.1, 0.15) is 179 Å². The number of nitrogens with zero attached hydrogens (tertiary/aromatic N) is 9. The second-order valence-electron chi connectivity index (χ2n) is 30.7. The predicted molar refractivity (Wildman–Crippen MR) is 373 cm³/mol. The molecule has 2 atom stereocenters. The number of morpholine rings is 1. The molecule has 11 fully saturated rings. The van der Waals surface area contributed by atoms with Crippen LogP contribution in [0.15, 0.2) is 0 Å². The maximum atomic E-state index is 12.3. The molecule has 23 heteroatoms. The summed E-state index contributed by atoms with van der Waals surface area (Å²) in [5.74, 6) is 2.36. The molecule has 11 saturated heterocycles. The van der Waals surface area contributed by atoms with Gasteiger partial charge in [-0.15, -0.1) is 0 Å². The molecular weight excluding hydrogens is 1190 g/mol. The van der Waals surface area contributed by atoms with Crippen molar-refractivity contribution in [2.45, 2.75) is 245 Å². The smallest absolute Gasteiger partial charge is 0.317 e. The van der Waals surface area contributed by atoms with E-state index in [4.69, 9.17) is 14.2 Å². The number of aliphatic hydroxyl groups excluding tert-OH is 1. The molecule has 0 bridgehead atoms. The summed E-state index contributed by atoms with van der Waals surface area (Å²) >= 11 is 0. The molecule has 11 aliphatic rings. The van der Waals surface area contributed by atoms with Gasteiger partial charge in [0.15, 0.2) is 0 Å². The second-order valence-corrected chi connectivity index (χ2v) is 30.7.